The molecule has 0 aromatic heterocycles. The van der Waals surface area contributed by atoms with E-state index < -0.39 is 5.38 Å². The lowest BCUT2D eigenvalue weighted by molar-refractivity contribution is -0.107. The first-order chi connectivity index (χ1) is 6.11. The number of halogens is 2. The SMILES string of the molecule is Cc1cc(Br)cc(CC(Cl)C=O)c1. The molecular formula is C10H10BrClO. The highest BCUT2D eigenvalue weighted by Gasteiger charge is 2.04. The van der Waals surface area contributed by atoms with E-state index in [0.29, 0.717) is 6.42 Å². The lowest BCUT2D eigenvalue weighted by Gasteiger charge is -2.04. The molecule has 0 saturated heterocycles. The summed E-state index contributed by atoms with van der Waals surface area (Å²) in [6.07, 6.45) is 1.35. The number of rotatable bonds is 3. The van der Waals surface area contributed by atoms with Crippen molar-refractivity contribution in [2.45, 2.75) is 18.7 Å². The Morgan fingerprint density at radius 3 is 2.77 bits per heavy atom. The van der Waals surface area contributed by atoms with Crippen molar-refractivity contribution in [3.05, 3.63) is 33.8 Å². The number of hydrogen-bond acceptors (Lipinski definition) is 1. The summed E-state index contributed by atoms with van der Waals surface area (Å²) >= 11 is 9.11. The Balaban J connectivity index is 2.82. The second-order valence-corrected chi connectivity index (χ2v) is 4.47. The van der Waals surface area contributed by atoms with E-state index in [1.807, 2.05) is 25.1 Å². The maximum absolute atomic E-state index is 10.3. The maximum atomic E-state index is 10.3. The molecule has 1 aromatic carbocycles. The molecule has 0 bridgehead atoms. The number of carbonyl (C=O) groups is 1. The Morgan fingerprint density at radius 1 is 1.54 bits per heavy atom. The number of aldehydes is 1. The van der Waals surface area contributed by atoms with Gasteiger partial charge in [0.2, 0.25) is 0 Å². The van der Waals surface area contributed by atoms with E-state index in [4.69, 9.17) is 11.6 Å². The predicted molar refractivity (Wildman–Crippen MR) is 58.3 cm³/mol. The van der Waals surface area contributed by atoms with Crippen LogP contribution in [0.15, 0.2) is 22.7 Å². The Kier molecular flexibility index (Phi) is 3.94. The minimum absolute atomic E-state index is 0.423. The van der Waals surface area contributed by atoms with Gasteiger partial charge in [-0.1, -0.05) is 22.0 Å². The second kappa shape index (κ2) is 4.77. The molecule has 0 saturated carbocycles. The summed E-state index contributed by atoms with van der Waals surface area (Å²) in [7, 11) is 0. The molecule has 0 N–H and O–H groups in total. The Labute approximate surface area is 91.2 Å². The molecule has 0 aliphatic carbocycles. The lowest BCUT2D eigenvalue weighted by Crippen LogP contribution is -2.04. The lowest BCUT2D eigenvalue weighted by atomic mass is 10.1. The molecule has 0 radical (unpaired) electrons. The first-order valence-electron chi connectivity index (χ1n) is 3.97. The average molecular weight is 262 g/mol. The van der Waals surface area contributed by atoms with Crippen LogP contribution >= 0.6 is 27.5 Å². The topological polar surface area (TPSA) is 17.1 Å². The van der Waals surface area contributed by atoms with E-state index in [0.717, 1.165) is 16.3 Å². The van der Waals surface area contributed by atoms with Crippen LogP contribution in [0.5, 0.6) is 0 Å². The van der Waals surface area contributed by atoms with Crippen LogP contribution in [0.25, 0.3) is 0 Å². The minimum atomic E-state index is -0.423. The van der Waals surface area contributed by atoms with Gasteiger partial charge in [-0.25, -0.2) is 0 Å². The zero-order valence-corrected chi connectivity index (χ0v) is 9.60. The van der Waals surface area contributed by atoms with Gasteiger partial charge in [0.15, 0.2) is 0 Å². The summed E-state index contributed by atoms with van der Waals surface area (Å²) in [6, 6.07) is 6.03. The largest absolute Gasteiger partial charge is 0.302 e. The highest BCUT2D eigenvalue weighted by atomic mass is 79.9. The van der Waals surface area contributed by atoms with Crippen molar-refractivity contribution in [1.29, 1.82) is 0 Å². The van der Waals surface area contributed by atoms with E-state index in [2.05, 4.69) is 15.9 Å². The summed E-state index contributed by atoms with van der Waals surface area (Å²) in [5.41, 5.74) is 2.25. The number of aryl methyl sites for hydroxylation is 1. The van der Waals surface area contributed by atoms with Crippen molar-refractivity contribution in [2.75, 3.05) is 0 Å². The molecule has 70 valence electrons. The summed E-state index contributed by atoms with van der Waals surface area (Å²) in [4.78, 5) is 10.3. The third-order valence-electron chi connectivity index (χ3n) is 1.68. The molecule has 1 atom stereocenters. The molecule has 0 aliphatic heterocycles. The Hall–Kier alpha value is -0.340. The van der Waals surface area contributed by atoms with Crippen LogP contribution < -0.4 is 0 Å². The molecule has 3 heteroatoms. The quantitative estimate of drug-likeness (QED) is 0.603. The number of benzene rings is 1. The Bertz CT molecular complexity index is 292. The first-order valence-corrected chi connectivity index (χ1v) is 5.20. The van der Waals surface area contributed by atoms with E-state index in [-0.39, 0.29) is 0 Å². The highest BCUT2D eigenvalue weighted by Crippen LogP contribution is 2.17. The molecule has 13 heavy (non-hydrogen) atoms. The third-order valence-corrected chi connectivity index (χ3v) is 2.40. The molecule has 0 heterocycles. The van der Waals surface area contributed by atoms with Gasteiger partial charge in [0, 0.05) is 4.47 Å². The number of hydrogen-bond donors (Lipinski definition) is 0. The predicted octanol–water partition coefficient (Wildman–Crippen LogP) is 3.11. The van der Waals surface area contributed by atoms with Crippen molar-refractivity contribution in [1.82, 2.24) is 0 Å². The molecule has 0 amide bonds. The monoisotopic (exact) mass is 260 g/mol. The summed E-state index contributed by atoms with van der Waals surface area (Å²) in [5, 5.41) is -0.423. The van der Waals surface area contributed by atoms with Crippen molar-refractivity contribution in [2.24, 2.45) is 0 Å². The van der Waals surface area contributed by atoms with Crippen molar-refractivity contribution >= 4 is 33.8 Å². The second-order valence-electron chi connectivity index (χ2n) is 2.99. The van der Waals surface area contributed by atoms with Gasteiger partial charge in [-0.2, -0.15) is 0 Å². The highest BCUT2D eigenvalue weighted by molar-refractivity contribution is 9.10. The van der Waals surface area contributed by atoms with Crippen LogP contribution in [0.4, 0.5) is 0 Å². The van der Waals surface area contributed by atoms with Gasteiger partial charge < -0.3 is 4.79 Å². The zero-order valence-electron chi connectivity index (χ0n) is 7.26. The van der Waals surface area contributed by atoms with Crippen LogP contribution in [0, 0.1) is 6.92 Å². The van der Waals surface area contributed by atoms with Crippen molar-refractivity contribution in [3.8, 4) is 0 Å². The normalized spacial score (nSPS) is 12.5. The fraction of sp³-hybridized carbons (Fsp3) is 0.300. The summed E-state index contributed by atoms with van der Waals surface area (Å²) in [5.74, 6) is 0. The first kappa shape index (κ1) is 10.7. The van der Waals surface area contributed by atoms with Crippen LogP contribution in [-0.4, -0.2) is 11.7 Å². The zero-order chi connectivity index (χ0) is 9.84. The molecule has 0 fully saturated rings. The molecule has 1 aromatic rings. The summed E-state index contributed by atoms with van der Waals surface area (Å²) in [6.45, 7) is 2.01. The van der Waals surface area contributed by atoms with Crippen LogP contribution in [0.3, 0.4) is 0 Å². The van der Waals surface area contributed by atoms with Gasteiger partial charge in [-0.05, 0) is 36.6 Å². The molecular weight excluding hydrogens is 251 g/mol. The van der Waals surface area contributed by atoms with Gasteiger partial charge in [-0.3, -0.25) is 0 Å². The minimum Gasteiger partial charge on any atom is -0.302 e. The Morgan fingerprint density at radius 2 is 2.23 bits per heavy atom. The van der Waals surface area contributed by atoms with Gasteiger partial charge in [0.25, 0.3) is 0 Å². The van der Waals surface area contributed by atoms with Gasteiger partial charge in [0.1, 0.15) is 6.29 Å². The number of carbonyl (C=O) groups excluding carboxylic acids is 1. The van der Waals surface area contributed by atoms with E-state index in [1.165, 1.54) is 5.56 Å². The van der Waals surface area contributed by atoms with Gasteiger partial charge in [0.05, 0.1) is 5.38 Å². The molecule has 1 rings (SSSR count). The van der Waals surface area contributed by atoms with Gasteiger partial charge >= 0.3 is 0 Å². The fourth-order valence-corrected chi connectivity index (χ4v) is 2.04. The van der Waals surface area contributed by atoms with Crippen LogP contribution in [0.2, 0.25) is 0 Å². The number of alkyl halides is 1. The van der Waals surface area contributed by atoms with E-state index in [1.54, 1.807) is 0 Å². The molecule has 0 spiro atoms. The smallest absolute Gasteiger partial charge is 0.138 e. The average Bonchev–Trinajstić information content (AvgIpc) is 2.02. The fourth-order valence-electron chi connectivity index (χ4n) is 1.20. The van der Waals surface area contributed by atoms with Gasteiger partial charge in [-0.15, -0.1) is 11.6 Å². The molecule has 1 nitrogen and oxygen atoms in total. The third kappa shape index (κ3) is 3.49. The standard InChI is InChI=1S/C10H10BrClO/c1-7-2-8(4-9(11)3-7)5-10(12)6-13/h2-4,6,10H,5H2,1H3. The summed E-state index contributed by atoms with van der Waals surface area (Å²) < 4.78 is 1.03. The van der Waals surface area contributed by atoms with E-state index >= 15 is 0 Å². The van der Waals surface area contributed by atoms with E-state index in [9.17, 15) is 4.79 Å². The van der Waals surface area contributed by atoms with Crippen molar-refractivity contribution < 1.29 is 4.79 Å². The maximum Gasteiger partial charge on any atom is 0.138 e. The van der Waals surface area contributed by atoms with Crippen LogP contribution in [0.1, 0.15) is 11.1 Å². The van der Waals surface area contributed by atoms with Crippen molar-refractivity contribution in [3.63, 3.8) is 0 Å². The molecule has 0 aliphatic rings. The molecule has 1 unspecified atom stereocenters. The van der Waals surface area contributed by atoms with Crippen LogP contribution in [-0.2, 0) is 11.2 Å².